The lowest BCUT2D eigenvalue weighted by Crippen LogP contribution is -2.16. The lowest BCUT2D eigenvalue weighted by Gasteiger charge is -2.28. The first-order chi connectivity index (χ1) is 27.5. The van der Waals surface area contributed by atoms with Gasteiger partial charge in [0.05, 0.1) is 0 Å². The Hall–Kier alpha value is -7.24. The second-order valence-electron chi connectivity index (χ2n) is 15.3. The number of anilines is 3. The highest BCUT2D eigenvalue weighted by Gasteiger charge is 2.36. The molecular formula is C51H33NO4. The maximum atomic E-state index is 6.72. The molecule has 1 aliphatic heterocycles. The van der Waals surface area contributed by atoms with Gasteiger partial charge >= 0.3 is 0 Å². The van der Waals surface area contributed by atoms with E-state index in [2.05, 4.69) is 134 Å². The predicted octanol–water partition coefficient (Wildman–Crippen LogP) is 14.8. The van der Waals surface area contributed by atoms with Crippen LogP contribution in [-0.2, 0) is 5.41 Å². The van der Waals surface area contributed by atoms with Gasteiger partial charge in [0.2, 0.25) is 0 Å². The molecule has 5 nitrogen and oxygen atoms in total. The van der Waals surface area contributed by atoms with Crippen LogP contribution in [-0.4, -0.2) is 0 Å². The third kappa shape index (κ3) is 4.48. The van der Waals surface area contributed by atoms with Crippen LogP contribution in [0.15, 0.2) is 173 Å². The second kappa shape index (κ2) is 11.4. The Balaban J connectivity index is 0.998. The third-order valence-corrected chi connectivity index (χ3v) is 11.7. The molecule has 2 aliphatic rings. The molecule has 8 aromatic carbocycles. The number of rotatable bonds is 4. The average Bonchev–Trinajstić information content (AvgIpc) is 3.86. The first-order valence-electron chi connectivity index (χ1n) is 19.0. The van der Waals surface area contributed by atoms with Crippen molar-refractivity contribution in [2.45, 2.75) is 19.3 Å². The average molecular weight is 724 g/mol. The van der Waals surface area contributed by atoms with E-state index in [1.807, 2.05) is 48.5 Å². The Morgan fingerprint density at radius 2 is 0.946 bits per heavy atom. The fourth-order valence-electron chi connectivity index (χ4n) is 8.98. The van der Waals surface area contributed by atoms with E-state index in [9.17, 15) is 0 Å². The third-order valence-electron chi connectivity index (χ3n) is 11.7. The minimum Gasteiger partial charge on any atom is -0.456 e. The number of benzene rings is 8. The summed E-state index contributed by atoms with van der Waals surface area (Å²) in [5.41, 5.74) is 13.4. The van der Waals surface area contributed by atoms with Crippen molar-refractivity contribution in [3.8, 4) is 45.3 Å². The summed E-state index contributed by atoms with van der Waals surface area (Å²) in [5, 5.41) is 4.31. The molecule has 5 heteroatoms. The van der Waals surface area contributed by atoms with Gasteiger partial charge in [-0.3, -0.25) is 0 Å². The number of nitrogens with zero attached hydrogens (tertiary/aromatic N) is 1. The quantitative estimate of drug-likeness (QED) is 0.181. The number of hydrogen-bond donors (Lipinski definition) is 0. The van der Waals surface area contributed by atoms with Crippen LogP contribution in [0, 0.1) is 0 Å². The molecule has 0 bridgehead atoms. The van der Waals surface area contributed by atoms with Gasteiger partial charge in [-0.15, -0.1) is 0 Å². The summed E-state index contributed by atoms with van der Waals surface area (Å²) >= 11 is 0. The van der Waals surface area contributed by atoms with Crippen LogP contribution in [0.25, 0.3) is 66.1 Å². The smallest absolute Gasteiger partial charge is 0.177 e. The van der Waals surface area contributed by atoms with Crippen molar-refractivity contribution in [1.82, 2.24) is 0 Å². The van der Waals surface area contributed by atoms with Crippen molar-refractivity contribution < 1.29 is 18.3 Å². The largest absolute Gasteiger partial charge is 0.456 e. The normalized spacial score (nSPS) is 13.6. The van der Waals surface area contributed by atoms with Crippen molar-refractivity contribution in [1.29, 1.82) is 0 Å². The van der Waals surface area contributed by atoms with Gasteiger partial charge in [-0.25, -0.2) is 0 Å². The standard InChI is InChI=1S/C51H33NO4/c1-51(2)41-13-5-3-10-35(41)36-23-19-31(27-42(36)51)52(32-20-24-39-37-11-4-6-14-43(37)53-48(39)28-32)33-21-25-40-38-22-18-30(26-47(38)55-49(40)29-33)34-12-9-17-46-50(34)56-45-16-8-7-15-44(45)54-46/h3-29H,1-2H3. The zero-order chi connectivity index (χ0) is 37.1. The Morgan fingerprint density at radius 3 is 1.75 bits per heavy atom. The van der Waals surface area contributed by atoms with Gasteiger partial charge in [-0.2, -0.15) is 0 Å². The number of hydrogen-bond acceptors (Lipinski definition) is 5. The van der Waals surface area contributed by atoms with Gasteiger partial charge in [0, 0.05) is 61.7 Å². The summed E-state index contributed by atoms with van der Waals surface area (Å²) in [5.74, 6) is 2.79. The van der Waals surface area contributed by atoms with E-state index in [0.29, 0.717) is 23.0 Å². The lowest BCUT2D eigenvalue weighted by molar-refractivity contribution is 0.361. The SMILES string of the molecule is CC1(C)c2ccccc2-c2ccc(N(c3ccc4c(c3)oc3ccccc34)c3ccc4c(c3)oc3cc(-c5cccc6c5Oc5ccccc5O6)ccc34)cc21. The van der Waals surface area contributed by atoms with Crippen LogP contribution in [0.2, 0.25) is 0 Å². The maximum absolute atomic E-state index is 6.72. The summed E-state index contributed by atoms with van der Waals surface area (Å²) in [7, 11) is 0. The molecule has 10 aromatic rings. The molecule has 266 valence electrons. The van der Waals surface area contributed by atoms with Gasteiger partial charge in [-0.1, -0.05) is 92.7 Å². The number of para-hydroxylation sites is 4. The van der Waals surface area contributed by atoms with Crippen LogP contribution < -0.4 is 14.4 Å². The van der Waals surface area contributed by atoms with E-state index in [4.69, 9.17) is 18.3 Å². The van der Waals surface area contributed by atoms with Crippen LogP contribution in [0.3, 0.4) is 0 Å². The Kier molecular flexibility index (Phi) is 6.33. The second-order valence-corrected chi connectivity index (χ2v) is 15.3. The molecule has 2 aromatic heterocycles. The monoisotopic (exact) mass is 723 g/mol. The molecule has 0 radical (unpaired) electrons. The molecule has 0 fully saturated rings. The molecule has 0 saturated heterocycles. The van der Waals surface area contributed by atoms with Gasteiger partial charge < -0.3 is 23.2 Å². The zero-order valence-corrected chi connectivity index (χ0v) is 30.7. The highest BCUT2D eigenvalue weighted by Crippen LogP contribution is 2.52. The summed E-state index contributed by atoms with van der Waals surface area (Å²) in [6, 6.07) is 57.0. The van der Waals surface area contributed by atoms with Crippen molar-refractivity contribution in [3.05, 3.63) is 175 Å². The molecule has 0 unspecified atom stereocenters. The van der Waals surface area contributed by atoms with E-state index in [1.165, 1.54) is 22.3 Å². The number of fused-ring (bicyclic) bond motifs is 11. The fraction of sp³-hybridized carbons (Fsp3) is 0.0588. The lowest BCUT2D eigenvalue weighted by atomic mass is 9.82. The fourth-order valence-corrected chi connectivity index (χ4v) is 8.98. The summed E-state index contributed by atoms with van der Waals surface area (Å²) in [6.45, 7) is 4.65. The molecule has 1 aliphatic carbocycles. The topological polar surface area (TPSA) is 48.0 Å². The molecule has 3 heterocycles. The van der Waals surface area contributed by atoms with Gasteiger partial charge in [0.25, 0.3) is 0 Å². The Morgan fingerprint density at radius 1 is 0.393 bits per heavy atom. The number of furan rings is 2. The van der Waals surface area contributed by atoms with Crippen molar-refractivity contribution in [2.75, 3.05) is 4.90 Å². The van der Waals surface area contributed by atoms with Crippen LogP contribution >= 0.6 is 0 Å². The van der Waals surface area contributed by atoms with Crippen molar-refractivity contribution in [2.24, 2.45) is 0 Å². The van der Waals surface area contributed by atoms with Crippen LogP contribution in [0.1, 0.15) is 25.0 Å². The summed E-state index contributed by atoms with van der Waals surface area (Å²) < 4.78 is 25.7. The molecule has 0 amide bonds. The minimum absolute atomic E-state index is 0.144. The molecule has 56 heavy (non-hydrogen) atoms. The molecule has 0 saturated carbocycles. The van der Waals surface area contributed by atoms with Crippen LogP contribution in [0.5, 0.6) is 23.0 Å². The summed E-state index contributed by atoms with van der Waals surface area (Å²) in [4.78, 5) is 2.31. The van der Waals surface area contributed by atoms with E-state index in [1.54, 1.807) is 0 Å². The highest BCUT2D eigenvalue weighted by atomic mass is 16.6. The minimum atomic E-state index is -0.144. The maximum Gasteiger partial charge on any atom is 0.177 e. The van der Waals surface area contributed by atoms with Gasteiger partial charge in [-0.05, 0) is 101 Å². The highest BCUT2D eigenvalue weighted by molar-refractivity contribution is 6.08. The van der Waals surface area contributed by atoms with Gasteiger partial charge in [0.15, 0.2) is 23.0 Å². The van der Waals surface area contributed by atoms with E-state index in [0.717, 1.165) is 72.1 Å². The Bertz CT molecular complexity index is 3260. The van der Waals surface area contributed by atoms with E-state index < -0.39 is 0 Å². The first kappa shape index (κ1) is 31.1. The van der Waals surface area contributed by atoms with Crippen molar-refractivity contribution >= 4 is 60.9 Å². The molecule has 12 rings (SSSR count). The van der Waals surface area contributed by atoms with Crippen molar-refractivity contribution in [3.63, 3.8) is 0 Å². The molecule has 0 atom stereocenters. The zero-order valence-electron chi connectivity index (χ0n) is 30.7. The van der Waals surface area contributed by atoms with E-state index >= 15 is 0 Å². The molecule has 0 spiro atoms. The predicted molar refractivity (Wildman–Crippen MR) is 225 cm³/mol. The van der Waals surface area contributed by atoms with E-state index in [-0.39, 0.29) is 5.41 Å². The Labute approximate surface area is 322 Å². The number of ether oxygens (including phenoxy) is 2. The molecule has 0 N–H and O–H groups in total. The van der Waals surface area contributed by atoms with Gasteiger partial charge in [0.1, 0.15) is 22.3 Å². The first-order valence-corrected chi connectivity index (χ1v) is 19.0. The molecular weight excluding hydrogens is 691 g/mol. The van der Waals surface area contributed by atoms with Crippen LogP contribution in [0.4, 0.5) is 17.1 Å². The summed E-state index contributed by atoms with van der Waals surface area (Å²) in [6.07, 6.45) is 0.